The summed E-state index contributed by atoms with van der Waals surface area (Å²) in [5.41, 5.74) is 2.30. The fourth-order valence-electron chi connectivity index (χ4n) is 5.15. The van der Waals surface area contributed by atoms with Crippen LogP contribution in [0.2, 0.25) is 0 Å². The minimum absolute atomic E-state index is 0.0811. The lowest BCUT2D eigenvalue weighted by atomic mass is 9.65. The molecule has 1 aliphatic carbocycles. The van der Waals surface area contributed by atoms with E-state index >= 15 is 0 Å². The third-order valence-corrected chi connectivity index (χ3v) is 7.72. The number of rotatable bonds is 5. The van der Waals surface area contributed by atoms with Crippen LogP contribution in [0.4, 0.5) is 23.0 Å². The molecule has 37 heavy (non-hydrogen) atoms. The zero-order chi connectivity index (χ0) is 27.4. The molecule has 0 bridgehead atoms. The molecule has 0 radical (unpaired) electrons. The molecule has 2 aromatic rings. The first-order chi connectivity index (χ1) is 17.4. The van der Waals surface area contributed by atoms with Gasteiger partial charge in [0.2, 0.25) is 0 Å². The number of likely N-dealkylation sites (N-methyl/N-ethyl adjacent to an activating group) is 1. The molecule has 1 aliphatic heterocycles. The van der Waals surface area contributed by atoms with Crippen molar-refractivity contribution in [3.63, 3.8) is 0 Å². The van der Waals surface area contributed by atoms with Gasteiger partial charge >= 0.3 is 18.2 Å². The molecule has 3 unspecified atom stereocenters. The second kappa shape index (κ2) is 11.5. The van der Waals surface area contributed by atoms with E-state index < -0.39 is 12.1 Å². The highest BCUT2D eigenvalue weighted by molar-refractivity contribution is 7.10. The summed E-state index contributed by atoms with van der Waals surface area (Å²) in [6, 6.07) is 8.59. The molecule has 4 rings (SSSR count). The number of hydrogen-bond donors (Lipinski definition) is 3. The molecule has 2 fully saturated rings. The number of carboxylic acid groups (broad SMARTS) is 1. The lowest BCUT2D eigenvalue weighted by molar-refractivity contribution is -0.192. The maximum Gasteiger partial charge on any atom is 0.490 e. The highest BCUT2D eigenvalue weighted by atomic mass is 32.1. The zero-order valence-corrected chi connectivity index (χ0v) is 21.8. The van der Waals surface area contributed by atoms with Crippen LogP contribution in [-0.2, 0) is 10.2 Å². The monoisotopic (exact) mass is 544 g/mol. The van der Waals surface area contributed by atoms with Crippen molar-refractivity contribution in [1.82, 2.24) is 14.6 Å². The van der Waals surface area contributed by atoms with Gasteiger partial charge in [-0.05, 0) is 81.5 Å². The lowest BCUT2D eigenvalue weighted by Crippen LogP contribution is -2.52. The summed E-state index contributed by atoms with van der Waals surface area (Å²) in [7, 11) is 5.54. The number of aliphatic carboxylic acids is 1. The Morgan fingerprint density at radius 1 is 1.19 bits per heavy atom. The molecule has 2 heterocycles. The van der Waals surface area contributed by atoms with Gasteiger partial charge in [0.05, 0.1) is 19.9 Å². The molecule has 9 nitrogen and oxygen atoms in total. The number of fused-ring (bicyclic) bond motifs is 1. The van der Waals surface area contributed by atoms with E-state index in [1.165, 1.54) is 17.1 Å². The number of anilines is 1. The summed E-state index contributed by atoms with van der Waals surface area (Å²) >= 11 is 1.31. The largest absolute Gasteiger partial charge is 0.493 e. The first-order valence-corrected chi connectivity index (χ1v) is 12.4. The Hall–Kier alpha value is -3.06. The van der Waals surface area contributed by atoms with Gasteiger partial charge in [-0.25, -0.2) is 9.59 Å². The number of ether oxygens (including phenoxy) is 2. The fourth-order valence-corrected chi connectivity index (χ4v) is 5.81. The van der Waals surface area contributed by atoms with Gasteiger partial charge in [0.1, 0.15) is 5.00 Å². The van der Waals surface area contributed by atoms with Crippen LogP contribution in [0.1, 0.15) is 36.9 Å². The maximum absolute atomic E-state index is 12.5. The van der Waals surface area contributed by atoms with Gasteiger partial charge in [-0.1, -0.05) is 6.07 Å². The number of aryl methyl sites for hydroxylation is 1. The smallest absolute Gasteiger partial charge is 0.490 e. The number of nitrogens with one attached hydrogen (secondary N) is 2. The van der Waals surface area contributed by atoms with E-state index in [0.29, 0.717) is 6.04 Å². The van der Waals surface area contributed by atoms with E-state index in [4.69, 9.17) is 19.4 Å². The molecule has 3 N–H and O–H groups in total. The Labute approximate surface area is 217 Å². The summed E-state index contributed by atoms with van der Waals surface area (Å²) in [4.78, 5) is 23.8. The minimum Gasteiger partial charge on any atom is -0.493 e. The minimum atomic E-state index is -5.08. The molecule has 3 atom stereocenters. The average Bonchev–Trinajstić information content (AvgIpc) is 3.41. The number of likely N-dealkylation sites (tertiary alicyclic amines) is 1. The van der Waals surface area contributed by atoms with Crippen molar-refractivity contribution in [2.24, 2.45) is 0 Å². The van der Waals surface area contributed by atoms with Crippen molar-refractivity contribution in [2.75, 3.05) is 33.1 Å². The standard InChI is InChI=1S/C22H30N4O3S.C2HF3O2/c1-14-11-20(30-25-14)24-21(27)23-16-7-8-22(9-10-26(2)19(22)13-16)15-5-6-17(28-3)18(12-15)29-4;3-2(4,5)1(6)7/h5-6,11-12,16,19H,7-10,13H2,1-4H3,(H2,23,24,27);(H,6,7). The van der Waals surface area contributed by atoms with E-state index in [1.807, 2.05) is 19.1 Å². The Morgan fingerprint density at radius 3 is 2.43 bits per heavy atom. The van der Waals surface area contributed by atoms with Crippen LogP contribution >= 0.6 is 11.5 Å². The molecule has 1 aromatic heterocycles. The van der Waals surface area contributed by atoms with E-state index in [0.717, 1.165) is 54.4 Å². The van der Waals surface area contributed by atoms with E-state index in [1.54, 1.807) is 14.2 Å². The second-order valence-corrected chi connectivity index (χ2v) is 9.98. The molecule has 2 aliphatic rings. The summed E-state index contributed by atoms with van der Waals surface area (Å²) < 4.78 is 46.9. The van der Waals surface area contributed by atoms with Crippen LogP contribution in [0, 0.1) is 6.92 Å². The first-order valence-electron chi connectivity index (χ1n) is 11.6. The number of methoxy groups -OCH3 is 2. The number of nitrogens with zero attached hydrogens (tertiary/aromatic N) is 2. The topological polar surface area (TPSA) is 113 Å². The van der Waals surface area contributed by atoms with Gasteiger partial charge in [-0.3, -0.25) is 5.32 Å². The summed E-state index contributed by atoms with van der Waals surface area (Å²) in [5, 5.41) is 14.0. The Balaban J connectivity index is 0.000000479. The van der Waals surface area contributed by atoms with Crippen LogP contribution in [0.25, 0.3) is 0 Å². The molecule has 1 aromatic carbocycles. The highest BCUT2D eigenvalue weighted by Crippen LogP contribution is 2.49. The number of carbonyl (C=O) groups is 2. The summed E-state index contributed by atoms with van der Waals surface area (Å²) in [6.45, 7) is 2.97. The summed E-state index contributed by atoms with van der Waals surface area (Å²) in [6.07, 6.45) is -1.06. The third kappa shape index (κ3) is 6.63. The van der Waals surface area contributed by atoms with Crippen molar-refractivity contribution in [2.45, 2.75) is 56.3 Å². The molecular formula is C24H31F3N4O5S. The van der Waals surface area contributed by atoms with Gasteiger partial charge < -0.3 is 24.8 Å². The van der Waals surface area contributed by atoms with Crippen molar-refractivity contribution in [3.8, 4) is 11.5 Å². The Kier molecular flexibility index (Phi) is 8.90. The van der Waals surface area contributed by atoms with Crippen molar-refractivity contribution in [1.29, 1.82) is 0 Å². The third-order valence-electron chi connectivity index (χ3n) is 6.93. The van der Waals surface area contributed by atoms with Crippen molar-refractivity contribution < 1.29 is 37.3 Å². The van der Waals surface area contributed by atoms with Crippen LogP contribution in [0.3, 0.4) is 0 Å². The number of aromatic nitrogens is 1. The molecule has 1 saturated heterocycles. The van der Waals surface area contributed by atoms with Crippen LogP contribution < -0.4 is 20.1 Å². The molecule has 13 heteroatoms. The van der Waals surface area contributed by atoms with Gasteiger partial charge in [-0.2, -0.15) is 17.5 Å². The number of carbonyl (C=O) groups excluding carboxylic acids is 1. The van der Waals surface area contributed by atoms with Crippen molar-refractivity contribution >= 4 is 28.5 Å². The number of alkyl halides is 3. The van der Waals surface area contributed by atoms with E-state index in [9.17, 15) is 18.0 Å². The number of benzene rings is 1. The Morgan fingerprint density at radius 2 is 1.86 bits per heavy atom. The molecule has 0 spiro atoms. The predicted octanol–water partition coefficient (Wildman–Crippen LogP) is 4.42. The average molecular weight is 545 g/mol. The predicted molar refractivity (Wildman–Crippen MR) is 133 cm³/mol. The fraction of sp³-hybridized carbons (Fsp3) is 0.542. The maximum atomic E-state index is 12.5. The van der Waals surface area contributed by atoms with Gasteiger partial charge in [0.15, 0.2) is 11.5 Å². The second-order valence-electron chi connectivity index (χ2n) is 9.18. The molecule has 1 saturated carbocycles. The van der Waals surface area contributed by atoms with Crippen LogP contribution in [0.5, 0.6) is 11.5 Å². The normalized spacial score (nSPS) is 23.3. The Bertz CT molecular complexity index is 1110. The number of carboxylic acids is 1. The number of hydrogen-bond acceptors (Lipinski definition) is 7. The number of amides is 2. The van der Waals surface area contributed by atoms with Gasteiger partial charge in [0, 0.05) is 17.5 Å². The number of halogens is 3. The quantitative estimate of drug-likeness (QED) is 0.511. The molecular weight excluding hydrogens is 513 g/mol. The van der Waals surface area contributed by atoms with Gasteiger partial charge in [0.25, 0.3) is 0 Å². The zero-order valence-electron chi connectivity index (χ0n) is 21.0. The highest BCUT2D eigenvalue weighted by Gasteiger charge is 2.50. The number of urea groups is 1. The summed E-state index contributed by atoms with van der Waals surface area (Å²) in [5.74, 6) is -1.23. The molecule has 2 amide bonds. The van der Waals surface area contributed by atoms with Gasteiger partial charge in [-0.15, -0.1) is 0 Å². The lowest BCUT2D eigenvalue weighted by Gasteiger charge is -2.45. The van der Waals surface area contributed by atoms with Crippen molar-refractivity contribution in [3.05, 3.63) is 35.5 Å². The molecule has 204 valence electrons. The van der Waals surface area contributed by atoms with Crippen LogP contribution in [-0.4, -0.2) is 72.5 Å². The van der Waals surface area contributed by atoms with E-state index in [-0.39, 0.29) is 17.5 Å². The SMILES string of the molecule is COc1ccc(C23CCC(NC(=O)Nc4cc(C)ns4)CC2N(C)CC3)cc1OC.O=C(O)C(F)(F)F. The van der Waals surface area contributed by atoms with Crippen LogP contribution in [0.15, 0.2) is 24.3 Å². The van der Waals surface area contributed by atoms with E-state index in [2.05, 4.69) is 39.1 Å². The first kappa shape index (κ1) is 28.5.